The van der Waals surface area contributed by atoms with Crippen molar-refractivity contribution in [2.45, 2.75) is 24.8 Å². The number of hydrogen-bond donors (Lipinski definition) is 1. The number of carbonyl (C=O) groups is 1. The van der Waals surface area contributed by atoms with Crippen LogP contribution in [0.2, 0.25) is 0 Å². The Morgan fingerprint density at radius 2 is 2.00 bits per heavy atom. The molecule has 3 rings (SSSR count). The summed E-state index contributed by atoms with van der Waals surface area (Å²) in [5, 5.41) is 3.07. The maximum Gasteiger partial charge on any atom is 0.233 e. The Morgan fingerprint density at radius 3 is 2.57 bits per heavy atom. The minimum atomic E-state index is -0.377. The Hall–Kier alpha value is -2.36. The normalized spacial score (nSPS) is 15.3. The quantitative estimate of drug-likeness (QED) is 0.916. The molecule has 1 heterocycles. The van der Waals surface area contributed by atoms with E-state index in [0.29, 0.717) is 6.04 Å². The molecule has 0 aliphatic heterocycles. The van der Waals surface area contributed by atoms with Gasteiger partial charge < -0.3 is 10.1 Å². The fourth-order valence-electron chi connectivity index (χ4n) is 2.31. The molecule has 0 bridgehead atoms. The van der Waals surface area contributed by atoms with Crippen LogP contribution in [-0.2, 0) is 4.79 Å². The van der Waals surface area contributed by atoms with Crippen molar-refractivity contribution < 1.29 is 9.53 Å². The number of pyridine rings is 1. The van der Waals surface area contributed by atoms with Crippen molar-refractivity contribution in [3.05, 3.63) is 59.9 Å². The van der Waals surface area contributed by atoms with Gasteiger partial charge in [0, 0.05) is 12.2 Å². The highest BCUT2D eigenvalue weighted by atomic mass is 16.5. The van der Waals surface area contributed by atoms with Crippen LogP contribution in [0.25, 0.3) is 0 Å². The predicted molar refractivity (Wildman–Crippen MR) is 80.2 cm³/mol. The van der Waals surface area contributed by atoms with E-state index in [1.165, 1.54) is 0 Å². The van der Waals surface area contributed by atoms with E-state index >= 15 is 0 Å². The first kappa shape index (κ1) is 13.6. The molecule has 1 saturated carbocycles. The average molecular weight is 282 g/mol. The van der Waals surface area contributed by atoms with E-state index in [2.05, 4.69) is 10.3 Å². The minimum Gasteiger partial charge on any atom is -0.497 e. The Kier molecular flexibility index (Phi) is 3.86. The molecule has 4 nitrogen and oxygen atoms in total. The summed E-state index contributed by atoms with van der Waals surface area (Å²) >= 11 is 0. The lowest BCUT2D eigenvalue weighted by Crippen LogP contribution is -2.32. The molecule has 1 N–H and O–H groups in total. The second kappa shape index (κ2) is 5.95. The van der Waals surface area contributed by atoms with Gasteiger partial charge in [-0.25, -0.2) is 0 Å². The molecule has 1 aromatic heterocycles. The molecule has 1 amide bonds. The number of amides is 1. The predicted octanol–water partition coefficient (Wildman–Crippen LogP) is 2.50. The van der Waals surface area contributed by atoms with Crippen LogP contribution >= 0.6 is 0 Å². The molecule has 108 valence electrons. The highest BCUT2D eigenvalue weighted by Crippen LogP contribution is 2.27. The third-order valence-electron chi connectivity index (χ3n) is 3.62. The number of rotatable bonds is 5. The molecule has 2 aromatic rings. The summed E-state index contributed by atoms with van der Waals surface area (Å²) in [6, 6.07) is 13.6. The van der Waals surface area contributed by atoms with Crippen molar-refractivity contribution in [1.82, 2.24) is 10.3 Å². The lowest BCUT2D eigenvalue weighted by atomic mass is 9.94. The minimum absolute atomic E-state index is 0.0152. The molecule has 0 saturated heterocycles. The second-order valence-corrected chi connectivity index (χ2v) is 5.24. The van der Waals surface area contributed by atoms with Crippen LogP contribution in [0.3, 0.4) is 0 Å². The molecule has 1 aliphatic carbocycles. The molecule has 1 aliphatic rings. The Morgan fingerprint density at radius 1 is 1.24 bits per heavy atom. The zero-order valence-corrected chi connectivity index (χ0v) is 12.0. The topological polar surface area (TPSA) is 51.2 Å². The number of ether oxygens (including phenoxy) is 1. The first-order valence-electron chi connectivity index (χ1n) is 7.13. The molecule has 1 atom stereocenters. The van der Waals surface area contributed by atoms with Crippen LogP contribution in [0, 0.1) is 0 Å². The first-order chi connectivity index (χ1) is 10.3. The highest BCUT2D eigenvalue weighted by Gasteiger charge is 2.30. The Balaban J connectivity index is 1.91. The summed E-state index contributed by atoms with van der Waals surface area (Å²) in [6.07, 6.45) is 3.86. The van der Waals surface area contributed by atoms with Gasteiger partial charge in [0.1, 0.15) is 11.7 Å². The van der Waals surface area contributed by atoms with E-state index in [-0.39, 0.29) is 11.8 Å². The number of methoxy groups -OCH3 is 1. The van der Waals surface area contributed by atoms with Gasteiger partial charge in [-0.15, -0.1) is 0 Å². The van der Waals surface area contributed by atoms with Crippen molar-refractivity contribution in [2.24, 2.45) is 0 Å². The van der Waals surface area contributed by atoms with Crippen LogP contribution in [0.1, 0.15) is 30.0 Å². The molecule has 0 radical (unpaired) electrons. The van der Waals surface area contributed by atoms with Crippen molar-refractivity contribution in [3.63, 3.8) is 0 Å². The lowest BCUT2D eigenvalue weighted by Gasteiger charge is -2.17. The smallest absolute Gasteiger partial charge is 0.233 e. The van der Waals surface area contributed by atoms with Crippen LogP contribution < -0.4 is 10.1 Å². The van der Waals surface area contributed by atoms with E-state index in [1.54, 1.807) is 13.3 Å². The highest BCUT2D eigenvalue weighted by molar-refractivity contribution is 5.87. The zero-order chi connectivity index (χ0) is 14.7. The summed E-state index contributed by atoms with van der Waals surface area (Å²) < 4.78 is 5.17. The Bertz CT molecular complexity index is 606. The average Bonchev–Trinajstić information content (AvgIpc) is 3.33. The summed E-state index contributed by atoms with van der Waals surface area (Å²) in [5.41, 5.74) is 1.69. The monoisotopic (exact) mass is 282 g/mol. The second-order valence-electron chi connectivity index (χ2n) is 5.24. The van der Waals surface area contributed by atoms with Crippen molar-refractivity contribution in [1.29, 1.82) is 0 Å². The summed E-state index contributed by atoms with van der Waals surface area (Å²) in [6.45, 7) is 0. The lowest BCUT2D eigenvalue weighted by molar-refractivity contribution is -0.121. The first-order valence-corrected chi connectivity index (χ1v) is 7.13. The molecular formula is C17H18N2O2. The van der Waals surface area contributed by atoms with Crippen LogP contribution in [0.4, 0.5) is 0 Å². The molecule has 1 unspecified atom stereocenters. The fourth-order valence-corrected chi connectivity index (χ4v) is 2.31. The van der Waals surface area contributed by atoms with Gasteiger partial charge in [-0.2, -0.15) is 0 Å². The number of nitrogens with one attached hydrogen (secondary N) is 1. The SMILES string of the molecule is COc1ccc(C(C(=O)NC2CC2)c2ccccn2)cc1. The molecule has 0 spiro atoms. The molecule has 4 heteroatoms. The van der Waals surface area contributed by atoms with Crippen molar-refractivity contribution >= 4 is 5.91 Å². The van der Waals surface area contributed by atoms with Crippen LogP contribution in [-0.4, -0.2) is 24.0 Å². The van der Waals surface area contributed by atoms with Gasteiger partial charge in [-0.1, -0.05) is 18.2 Å². The molecule has 21 heavy (non-hydrogen) atoms. The maximum atomic E-state index is 12.6. The van der Waals surface area contributed by atoms with Crippen molar-refractivity contribution in [2.75, 3.05) is 7.11 Å². The van der Waals surface area contributed by atoms with Gasteiger partial charge in [0.25, 0.3) is 0 Å². The van der Waals surface area contributed by atoms with Gasteiger partial charge in [0.15, 0.2) is 0 Å². The summed E-state index contributed by atoms with van der Waals surface area (Å²) in [4.78, 5) is 16.9. The van der Waals surface area contributed by atoms with Crippen LogP contribution in [0.15, 0.2) is 48.7 Å². The van der Waals surface area contributed by atoms with Crippen LogP contribution in [0.5, 0.6) is 5.75 Å². The van der Waals surface area contributed by atoms with E-state index in [9.17, 15) is 4.79 Å². The standard InChI is InChI=1S/C17H18N2O2/c1-21-14-9-5-12(6-10-14)16(15-4-2-3-11-18-15)17(20)19-13-7-8-13/h2-6,9-11,13,16H,7-8H2,1H3,(H,19,20). The number of hydrogen-bond acceptors (Lipinski definition) is 3. The third kappa shape index (κ3) is 3.21. The van der Waals surface area contributed by atoms with E-state index in [0.717, 1.165) is 29.8 Å². The van der Waals surface area contributed by atoms with Crippen molar-refractivity contribution in [3.8, 4) is 5.75 Å². The number of benzene rings is 1. The van der Waals surface area contributed by atoms with Gasteiger partial charge in [0.05, 0.1) is 12.8 Å². The zero-order valence-electron chi connectivity index (χ0n) is 12.0. The number of carbonyl (C=O) groups excluding carboxylic acids is 1. The largest absolute Gasteiger partial charge is 0.497 e. The molecule has 1 aromatic carbocycles. The van der Waals surface area contributed by atoms with Gasteiger partial charge in [0.2, 0.25) is 5.91 Å². The molecular weight excluding hydrogens is 264 g/mol. The number of aromatic nitrogens is 1. The maximum absolute atomic E-state index is 12.6. The van der Waals surface area contributed by atoms with E-state index in [4.69, 9.17) is 4.74 Å². The Labute approximate surface area is 124 Å². The third-order valence-corrected chi connectivity index (χ3v) is 3.62. The van der Waals surface area contributed by atoms with Gasteiger partial charge >= 0.3 is 0 Å². The summed E-state index contributed by atoms with van der Waals surface area (Å²) in [7, 11) is 1.63. The fraction of sp³-hybridized carbons (Fsp3) is 0.294. The van der Waals surface area contributed by atoms with E-state index < -0.39 is 0 Å². The van der Waals surface area contributed by atoms with Gasteiger partial charge in [-0.05, 0) is 42.7 Å². The molecule has 1 fully saturated rings. The van der Waals surface area contributed by atoms with E-state index in [1.807, 2.05) is 42.5 Å². The summed E-state index contributed by atoms with van der Waals surface area (Å²) in [5.74, 6) is 0.417. The van der Waals surface area contributed by atoms with Gasteiger partial charge in [-0.3, -0.25) is 9.78 Å². The number of nitrogens with zero attached hydrogens (tertiary/aromatic N) is 1.